The first-order valence-corrected chi connectivity index (χ1v) is 26.9. The van der Waals surface area contributed by atoms with E-state index in [-0.39, 0.29) is 79.6 Å². The summed E-state index contributed by atoms with van der Waals surface area (Å²) in [6.45, 7) is 12.5. The van der Waals surface area contributed by atoms with Gasteiger partial charge in [-0.2, -0.15) is 0 Å². The van der Waals surface area contributed by atoms with Crippen LogP contribution in [0.3, 0.4) is 0 Å². The van der Waals surface area contributed by atoms with Crippen molar-refractivity contribution in [3.8, 4) is 24.2 Å². The van der Waals surface area contributed by atoms with Gasteiger partial charge in [0.05, 0.1) is 30.7 Å². The van der Waals surface area contributed by atoms with Gasteiger partial charge in [-0.25, -0.2) is 10.0 Å². The summed E-state index contributed by atoms with van der Waals surface area (Å²) in [6.07, 6.45) is 13.2. The molecule has 19 heteroatoms. The summed E-state index contributed by atoms with van der Waals surface area (Å²) < 4.78 is 11.5. The van der Waals surface area contributed by atoms with E-state index in [0.717, 1.165) is 68.4 Å². The van der Waals surface area contributed by atoms with Crippen molar-refractivity contribution < 1.29 is 53.0 Å². The number of unbranched alkanes of at least 4 members (excludes halogenated alkanes) is 1. The van der Waals surface area contributed by atoms with Crippen LogP contribution in [0.1, 0.15) is 159 Å². The van der Waals surface area contributed by atoms with Crippen LogP contribution in [0.2, 0.25) is 0 Å². The average Bonchev–Trinajstić information content (AvgIpc) is 3.85. The molecule has 1 unspecified atom stereocenters. The number of rotatable bonds is 28. The number of aliphatic carboxylic acids is 1. The Hall–Kier alpha value is -5.86. The highest BCUT2D eigenvalue weighted by molar-refractivity contribution is 7.09. The van der Waals surface area contributed by atoms with Crippen molar-refractivity contribution in [2.24, 2.45) is 17.3 Å². The molecule has 5 N–H and O–H groups in total. The molecular weight excluding hydrogens is 967 g/mol. The van der Waals surface area contributed by atoms with Crippen molar-refractivity contribution in [2.75, 3.05) is 38.7 Å². The summed E-state index contributed by atoms with van der Waals surface area (Å²) in [6, 6.07) is 4.16. The Balaban J connectivity index is 1.49. The number of likely N-dealkylation sites (N-methyl/N-ethyl adjacent to an activating group) is 1. The fourth-order valence-electron chi connectivity index (χ4n) is 8.79. The Morgan fingerprint density at radius 1 is 1.01 bits per heavy atom. The maximum absolute atomic E-state index is 14.8. The molecule has 1 aromatic heterocycles. The fourth-order valence-corrected chi connectivity index (χ4v) is 9.63. The lowest BCUT2D eigenvalue weighted by atomic mass is 9.84. The second-order valence-corrected chi connectivity index (χ2v) is 21.3. The van der Waals surface area contributed by atoms with Crippen LogP contribution >= 0.6 is 11.3 Å². The predicted octanol–water partition coefficient (Wildman–Crippen LogP) is 6.60. The standard InChI is InChI=1S/C55H79N7O11S/c1-10-12-20-29-72-62(53(68)49(37(5)11-2)60-51(67)44-23-18-19-28-61(44)9)45(36(3)4)31-46(73-38(6)63)52-59-43(35-74-52)50(66)58-41(32-55(7,8)54(69)70)30-39-24-26-40(27-25-39)57-47(64)33-56-48(65)34-71-42-21-16-14-13-15-17-22-42/h1,24-27,35-37,41-42,44-46,49H,11-16,18-21,23,28-34H2,2-9H3,(H,56,65)(H,57,64)(H,58,66)(H,60,67)(H,69,70)/t37-,41-,42?,44+,45+,46+,49-/m0/s1. The molecule has 0 spiro atoms. The van der Waals surface area contributed by atoms with Crippen molar-refractivity contribution in [1.82, 2.24) is 30.9 Å². The van der Waals surface area contributed by atoms with E-state index < -0.39 is 65.2 Å². The molecule has 1 saturated heterocycles. The number of amides is 5. The molecule has 4 rings (SSSR count). The third kappa shape index (κ3) is 19.8. The number of ether oxygens (including phenoxy) is 2. The molecular formula is C55H79N7O11S. The van der Waals surface area contributed by atoms with Gasteiger partial charge >= 0.3 is 11.9 Å². The van der Waals surface area contributed by atoms with Gasteiger partial charge in [-0.15, -0.1) is 29.6 Å². The van der Waals surface area contributed by atoms with Crippen molar-refractivity contribution >= 4 is 58.5 Å². The van der Waals surface area contributed by atoms with Crippen molar-refractivity contribution in [2.45, 2.75) is 175 Å². The summed E-state index contributed by atoms with van der Waals surface area (Å²) in [5, 5.41) is 24.6. The largest absolute Gasteiger partial charge is 0.481 e. The van der Waals surface area contributed by atoms with E-state index in [1.54, 1.807) is 38.1 Å². The van der Waals surface area contributed by atoms with Gasteiger partial charge in [-0.1, -0.05) is 65.0 Å². The molecule has 1 aliphatic heterocycles. The van der Waals surface area contributed by atoms with Crippen LogP contribution in [0.4, 0.5) is 5.69 Å². The highest BCUT2D eigenvalue weighted by Gasteiger charge is 2.40. The zero-order chi connectivity index (χ0) is 54.4. The second kappa shape index (κ2) is 30.5. The first-order valence-electron chi connectivity index (χ1n) is 26.0. The molecule has 0 radical (unpaired) electrons. The number of carboxylic acid groups (broad SMARTS) is 1. The van der Waals surface area contributed by atoms with Crippen molar-refractivity contribution in [3.63, 3.8) is 0 Å². The molecule has 0 saturated carbocycles. The van der Waals surface area contributed by atoms with Crippen LogP contribution in [-0.2, 0) is 49.5 Å². The summed E-state index contributed by atoms with van der Waals surface area (Å²) >= 11 is 1.10. The van der Waals surface area contributed by atoms with E-state index in [1.165, 1.54) is 17.4 Å². The van der Waals surface area contributed by atoms with Crippen LogP contribution in [-0.4, -0.2) is 125 Å². The summed E-state index contributed by atoms with van der Waals surface area (Å²) in [7, 11) is 1.91. The van der Waals surface area contributed by atoms with Crippen LogP contribution in [0.15, 0.2) is 29.6 Å². The number of nitrogens with one attached hydrogen (secondary N) is 4. The van der Waals surface area contributed by atoms with Gasteiger partial charge < -0.3 is 35.8 Å². The number of hydrogen-bond acceptors (Lipinski definition) is 13. The molecule has 1 aliphatic carbocycles. The van der Waals surface area contributed by atoms with E-state index in [1.807, 2.05) is 39.6 Å². The Morgan fingerprint density at radius 3 is 2.41 bits per heavy atom. The molecule has 406 valence electrons. The SMILES string of the molecule is C#CCCCON(C(=O)[C@@H](NC(=O)[C@H]1CCCCN1C)[C@@H](C)CC)[C@H](C[C@@H](OC(C)=O)c1nc(C(=O)N[C@@H](Cc2ccc(NC(=O)CNC(=O)COC3C#CCCCCC3)cc2)CC(C)(C)C(=O)O)cs1)C(C)C. The van der Waals surface area contributed by atoms with Crippen molar-refractivity contribution in [1.29, 1.82) is 0 Å². The Labute approximate surface area is 441 Å². The van der Waals surface area contributed by atoms with Crippen molar-refractivity contribution in [3.05, 3.63) is 45.9 Å². The third-order valence-corrected chi connectivity index (χ3v) is 14.3. The van der Waals surface area contributed by atoms with Gasteiger partial charge in [-0.3, -0.25) is 43.3 Å². The molecule has 5 amide bonds. The van der Waals surface area contributed by atoms with E-state index in [0.29, 0.717) is 31.4 Å². The number of terminal acetylenes is 1. The monoisotopic (exact) mass is 1050 g/mol. The van der Waals surface area contributed by atoms with E-state index in [2.05, 4.69) is 44.0 Å². The molecule has 7 atom stereocenters. The highest BCUT2D eigenvalue weighted by Crippen LogP contribution is 2.33. The lowest BCUT2D eigenvalue weighted by Gasteiger charge is -2.39. The quantitative estimate of drug-likeness (QED) is 0.0262. The zero-order valence-corrected chi connectivity index (χ0v) is 45.4. The van der Waals surface area contributed by atoms with Crippen LogP contribution in [0.25, 0.3) is 0 Å². The number of thiazole rings is 1. The number of carbonyl (C=O) groups is 7. The van der Waals surface area contributed by atoms with Gasteiger partial charge in [-0.05, 0) is 108 Å². The smallest absolute Gasteiger partial charge is 0.309 e. The van der Waals surface area contributed by atoms with Crippen LogP contribution < -0.4 is 21.3 Å². The number of hydrogen-bond donors (Lipinski definition) is 5. The molecule has 18 nitrogen and oxygen atoms in total. The number of piperidine rings is 1. The Kier molecular flexibility index (Phi) is 25.0. The number of carboxylic acids is 1. The number of esters is 1. The number of hydroxylamine groups is 2. The fraction of sp³-hybridized carbons (Fsp3) is 0.636. The van der Waals surface area contributed by atoms with Crippen LogP contribution in [0, 0.1) is 41.4 Å². The number of aromatic nitrogens is 1. The molecule has 0 bridgehead atoms. The zero-order valence-electron chi connectivity index (χ0n) is 44.6. The lowest BCUT2D eigenvalue weighted by Crippen LogP contribution is -2.58. The summed E-state index contributed by atoms with van der Waals surface area (Å²) in [5.74, 6) is 4.40. The maximum atomic E-state index is 14.8. The normalized spacial score (nSPS) is 18.1. The van der Waals surface area contributed by atoms with Gasteiger partial charge in [0.15, 0.2) is 6.10 Å². The average molecular weight is 1050 g/mol. The van der Waals surface area contributed by atoms with Crippen LogP contribution in [0.5, 0.6) is 0 Å². The molecule has 2 aliphatic rings. The maximum Gasteiger partial charge on any atom is 0.309 e. The second-order valence-electron chi connectivity index (χ2n) is 20.4. The van der Waals surface area contributed by atoms with E-state index >= 15 is 0 Å². The molecule has 1 fully saturated rings. The Morgan fingerprint density at radius 2 is 1.74 bits per heavy atom. The number of anilines is 1. The Bertz CT molecular complexity index is 2300. The number of nitrogens with zero attached hydrogens (tertiary/aromatic N) is 3. The highest BCUT2D eigenvalue weighted by atomic mass is 32.1. The number of benzene rings is 1. The molecule has 1 aromatic carbocycles. The number of carbonyl (C=O) groups excluding carboxylic acids is 6. The summed E-state index contributed by atoms with van der Waals surface area (Å²) in [4.78, 5) is 106. The van der Waals surface area contributed by atoms with Gasteiger partial charge in [0.1, 0.15) is 29.5 Å². The minimum absolute atomic E-state index is 0.0114. The molecule has 74 heavy (non-hydrogen) atoms. The minimum atomic E-state index is -1.24. The summed E-state index contributed by atoms with van der Waals surface area (Å²) in [5.41, 5.74) is -0.0242. The predicted molar refractivity (Wildman–Crippen MR) is 282 cm³/mol. The topological polar surface area (TPSA) is 235 Å². The minimum Gasteiger partial charge on any atom is -0.481 e. The van der Waals surface area contributed by atoms with Gasteiger partial charge in [0.2, 0.25) is 17.7 Å². The first kappa shape index (κ1) is 60.7. The lowest BCUT2D eigenvalue weighted by molar-refractivity contribution is -0.213. The van der Waals surface area contributed by atoms with Gasteiger partial charge in [0, 0.05) is 43.3 Å². The number of likely N-dealkylation sites (tertiary alicyclic amines) is 1. The van der Waals surface area contributed by atoms with E-state index in [9.17, 15) is 38.7 Å². The third-order valence-electron chi connectivity index (χ3n) is 13.4. The molecule has 2 heterocycles. The van der Waals surface area contributed by atoms with Gasteiger partial charge in [0.25, 0.3) is 11.8 Å². The molecule has 2 aromatic rings. The first-order chi connectivity index (χ1) is 35.2. The van der Waals surface area contributed by atoms with E-state index in [4.69, 9.17) is 20.7 Å².